The largest absolute Gasteiger partial charge is 0.368 e. The molecule has 0 aliphatic carbocycles. The number of guanidine groups is 1. The smallest absolute Gasteiger partial charge is 0.216 e. The van der Waals surface area contributed by atoms with E-state index < -0.39 is 0 Å². The molecule has 0 rings (SSSR count). The normalized spacial score (nSPS) is 12.9. The van der Waals surface area contributed by atoms with Crippen molar-refractivity contribution in [1.29, 1.82) is 0 Å². The molecule has 0 bridgehead atoms. The summed E-state index contributed by atoms with van der Waals surface area (Å²) in [6.45, 7) is 7.47. The van der Waals surface area contributed by atoms with Crippen LogP contribution in [-0.4, -0.2) is 31.4 Å². The van der Waals surface area contributed by atoms with Gasteiger partial charge < -0.3 is 11.5 Å². The van der Waals surface area contributed by atoms with Crippen LogP contribution in [0.3, 0.4) is 0 Å². The van der Waals surface area contributed by atoms with Crippen molar-refractivity contribution >= 4 is 11.7 Å². The second-order valence-corrected chi connectivity index (χ2v) is 3.04. The van der Waals surface area contributed by atoms with E-state index in [-0.39, 0.29) is 5.96 Å². The van der Waals surface area contributed by atoms with Gasteiger partial charge in [-0.05, 0) is 19.0 Å². The van der Waals surface area contributed by atoms with Crippen molar-refractivity contribution in [3.8, 4) is 0 Å². The van der Waals surface area contributed by atoms with Crippen molar-refractivity contribution in [1.82, 2.24) is 5.32 Å². The van der Waals surface area contributed by atoms with Crippen LogP contribution in [0.15, 0.2) is 22.6 Å². The summed E-state index contributed by atoms with van der Waals surface area (Å²) >= 11 is 0. The predicted octanol–water partition coefficient (Wildman–Crippen LogP) is 0.234. The Hall–Kier alpha value is -1.20. The zero-order chi connectivity index (χ0) is 11.5. The van der Waals surface area contributed by atoms with Gasteiger partial charge >= 0.3 is 0 Å². The van der Waals surface area contributed by atoms with Crippen LogP contribution in [0.5, 0.6) is 0 Å². The molecule has 0 spiro atoms. The van der Waals surface area contributed by atoms with Crippen LogP contribution >= 0.6 is 0 Å². The highest BCUT2D eigenvalue weighted by atomic mass is 15.1. The highest BCUT2D eigenvalue weighted by Crippen LogP contribution is 1.83. The van der Waals surface area contributed by atoms with Gasteiger partial charge in [-0.1, -0.05) is 19.9 Å². The molecule has 86 valence electrons. The van der Waals surface area contributed by atoms with Crippen LogP contribution < -0.4 is 16.8 Å². The maximum atomic E-state index is 5.56. The van der Waals surface area contributed by atoms with Crippen molar-refractivity contribution in [2.45, 2.75) is 19.8 Å². The molecular weight excluding hydrogens is 190 g/mol. The SMILES string of the molecule is C=C/C(CN)=N/C(N)=N\CNCCCC. The molecule has 0 amide bonds. The van der Waals surface area contributed by atoms with Gasteiger partial charge in [0.2, 0.25) is 5.96 Å². The van der Waals surface area contributed by atoms with E-state index in [1.807, 2.05) is 0 Å². The van der Waals surface area contributed by atoms with Crippen molar-refractivity contribution in [2.75, 3.05) is 19.8 Å². The molecule has 0 aromatic heterocycles. The molecule has 0 heterocycles. The molecule has 5 heteroatoms. The Labute approximate surface area is 91.4 Å². The van der Waals surface area contributed by atoms with Gasteiger partial charge in [-0.2, -0.15) is 0 Å². The lowest BCUT2D eigenvalue weighted by atomic mass is 10.3. The summed E-state index contributed by atoms with van der Waals surface area (Å²) in [7, 11) is 0. The summed E-state index contributed by atoms with van der Waals surface area (Å²) in [4.78, 5) is 8.02. The minimum atomic E-state index is 0.236. The molecule has 0 aliphatic rings. The zero-order valence-electron chi connectivity index (χ0n) is 9.37. The quantitative estimate of drug-likeness (QED) is 0.320. The van der Waals surface area contributed by atoms with Gasteiger partial charge in [-0.3, -0.25) is 5.32 Å². The Morgan fingerprint density at radius 2 is 2.27 bits per heavy atom. The number of unbranched alkanes of at least 4 members (excludes halogenated alkanes) is 1. The molecule has 0 radical (unpaired) electrons. The minimum Gasteiger partial charge on any atom is -0.368 e. The number of rotatable bonds is 7. The number of nitrogens with zero attached hydrogens (tertiary/aromatic N) is 2. The summed E-state index contributed by atoms with van der Waals surface area (Å²) in [5.74, 6) is 0.236. The third-order valence-corrected chi connectivity index (χ3v) is 1.76. The summed E-state index contributed by atoms with van der Waals surface area (Å²) in [6.07, 6.45) is 3.88. The van der Waals surface area contributed by atoms with Crippen LogP contribution in [0.1, 0.15) is 19.8 Å². The lowest BCUT2D eigenvalue weighted by Crippen LogP contribution is -2.21. The Morgan fingerprint density at radius 1 is 1.53 bits per heavy atom. The first kappa shape index (κ1) is 13.8. The summed E-state index contributed by atoms with van der Waals surface area (Å²) < 4.78 is 0. The number of hydrogen-bond acceptors (Lipinski definition) is 3. The van der Waals surface area contributed by atoms with Crippen LogP contribution in [-0.2, 0) is 0 Å². The molecule has 0 aromatic rings. The fraction of sp³-hybridized carbons (Fsp3) is 0.600. The number of nitrogens with one attached hydrogen (secondary N) is 1. The average Bonchev–Trinajstić information content (AvgIpc) is 2.25. The lowest BCUT2D eigenvalue weighted by molar-refractivity contribution is 0.653. The molecule has 0 atom stereocenters. The van der Waals surface area contributed by atoms with E-state index in [0.29, 0.717) is 18.9 Å². The van der Waals surface area contributed by atoms with Gasteiger partial charge in [0.05, 0.1) is 12.4 Å². The number of hydrogen-bond donors (Lipinski definition) is 3. The molecule has 0 unspecified atom stereocenters. The summed E-state index contributed by atoms with van der Waals surface area (Å²) in [6, 6.07) is 0. The second kappa shape index (κ2) is 9.36. The van der Waals surface area contributed by atoms with E-state index in [9.17, 15) is 0 Å². The van der Waals surface area contributed by atoms with Gasteiger partial charge in [-0.15, -0.1) is 0 Å². The maximum absolute atomic E-state index is 5.56. The lowest BCUT2D eigenvalue weighted by Gasteiger charge is -2.00. The topological polar surface area (TPSA) is 88.8 Å². The average molecular weight is 211 g/mol. The van der Waals surface area contributed by atoms with Crippen LogP contribution in [0, 0.1) is 0 Å². The van der Waals surface area contributed by atoms with E-state index >= 15 is 0 Å². The summed E-state index contributed by atoms with van der Waals surface area (Å²) in [5, 5.41) is 3.13. The van der Waals surface area contributed by atoms with E-state index in [1.54, 1.807) is 6.08 Å². The fourth-order valence-corrected chi connectivity index (χ4v) is 0.875. The van der Waals surface area contributed by atoms with Gasteiger partial charge in [0.1, 0.15) is 0 Å². The van der Waals surface area contributed by atoms with Gasteiger partial charge in [0.15, 0.2) is 0 Å². The molecular formula is C10H21N5. The highest BCUT2D eigenvalue weighted by molar-refractivity contribution is 6.03. The van der Waals surface area contributed by atoms with E-state index in [4.69, 9.17) is 11.5 Å². The minimum absolute atomic E-state index is 0.236. The van der Waals surface area contributed by atoms with Crippen molar-refractivity contribution in [3.63, 3.8) is 0 Å². The fourth-order valence-electron chi connectivity index (χ4n) is 0.875. The first-order valence-electron chi connectivity index (χ1n) is 5.15. The Bertz CT molecular complexity index is 232. The molecule has 5 nitrogen and oxygen atoms in total. The van der Waals surface area contributed by atoms with Crippen LogP contribution in [0.25, 0.3) is 0 Å². The van der Waals surface area contributed by atoms with Crippen molar-refractivity contribution in [2.24, 2.45) is 21.5 Å². The number of aliphatic imine (C=N–C) groups is 2. The van der Waals surface area contributed by atoms with E-state index in [1.165, 1.54) is 0 Å². The molecule has 0 fully saturated rings. The third kappa shape index (κ3) is 7.84. The first-order valence-corrected chi connectivity index (χ1v) is 5.15. The monoisotopic (exact) mass is 211 g/mol. The van der Waals surface area contributed by atoms with Crippen molar-refractivity contribution in [3.05, 3.63) is 12.7 Å². The number of nitrogens with two attached hydrogens (primary N) is 2. The molecule has 0 saturated heterocycles. The van der Waals surface area contributed by atoms with Crippen LogP contribution in [0.2, 0.25) is 0 Å². The standard InChI is InChI=1S/C10H21N5/c1-3-5-6-13-8-14-10(12)15-9(4-2)7-11/h4,13H,2-3,5-8,11H2,1H3,(H2,12,14)/b15-9-. The van der Waals surface area contributed by atoms with Gasteiger partial charge in [0, 0.05) is 6.54 Å². The highest BCUT2D eigenvalue weighted by Gasteiger charge is 1.91. The van der Waals surface area contributed by atoms with E-state index in [2.05, 4.69) is 28.8 Å². The molecule has 0 aromatic carbocycles. The maximum Gasteiger partial charge on any atom is 0.216 e. The molecule has 15 heavy (non-hydrogen) atoms. The van der Waals surface area contributed by atoms with E-state index in [0.717, 1.165) is 19.4 Å². The van der Waals surface area contributed by atoms with Crippen LogP contribution in [0.4, 0.5) is 0 Å². The van der Waals surface area contributed by atoms with Crippen molar-refractivity contribution < 1.29 is 0 Å². The Balaban J connectivity index is 3.87. The second-order valence-electron chi connectivity index (χ2n) is 3.04. The Morgan fingerprint density at radius 3 is 2.80 bits per heavy atom. The summed E-state index contributed by atoms with van der Waals surface area (Å²) in [5.41, 5.74) is 11.6. The third-order valence-electron chi connectivity index (χ3n) is 1.76. The predicted molar refractivity (Wildman–Crippen MR) is 66.1 cm³/mol. The zero-order valence-corrected chi connectivity index (χ0v) is 9.37. The molecule has 5 N–H and O–H groups in total. The molecule has 0 aliphatic heterocycles. The van der Waals surface area contributed by atoms with Gasteiger partial charge in [-0.25, -0.2) is 9.98 Å². The Kier molecular flexibility index (Phi) is 8.61. The molecule has 0 saturated carbocycles. The first-order chi connectivity index (χ1) is 7.24. The van der Waals surface area contributed by atoms with Gasteiger partial charge in [0.25, 0.3) is 0 Å².